The molecule has 2 aromatic carbocycles. The fourth-order valence-electron chi connectivity index (χ4n) is 11.3. The van der Waals surface area contributed by atoms with Crippen molar-refractivity contribution < 1.29 is 43.9 Å². The normalized spacial score (nSPS) is 21.9. The average Bonchev–Trinajstić information content (AvgIpc) is 4.46. The number of nitrogen functional groups attached to an aromatic ring is 1. The SMILES string of the molecule is CC1(C)CC(Nc2nc(Cl)ncc2F)CC(C)(C)N1.Cn1nnn(-c2cc(N)c(F)cc2[C@H]2C[C@@H]2C(F)(F)F)c1=O.Cn1nnn(-c2cc(Nc3ncc(F)c(NC4CC(C)(C)NC(C)(C)C4)n3)c(F)cc2[C@H]2C[C@@H]2C(F)(F)F)c1=O. The Morgan fingerprint density at radius 3 is 1.41 bits per heavy atom. The van der Waals surface area contributed by atoms with E-state index < -0.39 is 70.7 Å². The number of halogens is 11. The first kappa shape index (κ1) is 60.2. The Morgan fingerprint density at radius 1 is 0.593 bits per heavy atom. The maximum Gasteiger partial charge on any atom is 0.392 e. The summed E-state index contributed by atoms with van der Waals surface area (Å²) in [7, 11) is 2.67. The molecule has 440 valence electrons. The van der Waals surface area contributed by atoms with Gasteiger partial charge in [-0.2, -0.15) is 55.0 Å². The second-order valence-corrected chi connectivity index (χ2v) is 23.9. The molecule has 20 nitrogen and oxygen atoms in total. The quantitative estimate of drug-likeness (QED) is 0.0428. The van der Waals surface area contributed by atoms with Crippen LogP contribution in [0.25, 0.3) is 11.4 Å². The molecule has 31 heteroatoms. The van der Waals surface area contributed by atoms with Crippen LogP contribution in [0, 0.1) is 35.1 Å². The van der Waals surface area contributed by atoms with Gasteiger partial charge in [0.05, 0.1) is 47.0 Å². The van der Waals surface area contributed by atoms with Gasteiger partial charge in [0, 0.05) is 48.3 Å². The first-order chi connectivity index (χ1) is 37.4. The molecule has 0 amide bonds. The van der Waals surface area contributed by atoms with E-state index in [-0.39, 0.29) is 104 Å². The van der Waals surface area contributed by atoms with Crippen LogP contribution >= 0.6 is 11.6 Å². The number of benzene rings is 2. The Bertz CT molecular complexity index is 3400. The minimum atomic E-state index is -4.47. The van der Waals surface area contributed by atoms with Gasteiger partial charge in [0.15, 0.2) is 23.3 Å². The number of nitrogens with two attached hydrogens (primary N) is 1. The number of piperidine rings is 2. The van der Waals surface area contributed by atoms with Gasteiger partial charge in [-0.1, -0.05) is 0 Å². The molecule has 0 bridgehead atoms. The fraction of sp³-hybridized carbons (Fsp3) is 0.560. The fourth-order valence-corrected chi connectivity index (χ4v) is 11.4. The van der Waals surface area contributed by atoms with Gasteiger partial charge in [-0.25, -0.2) is 37.1 Å². The number of aromatic nitrogens is 12. The van der Waals surface area contributed by atoms with Crippen LogP contribution in [0.3, 0.4) is 0 Å². The lowest BCUT2D eigenvalue weighted by Crippen LogP contribution is -2.60. The third-order valence-corrected chi connectivity index (χ3v) is 14.3. The summed E-state index contributed by atoms with van der Waals surface area (Å²) in [5.41, 5.74) is 3.13. The minimum absolute atomic E-state index is 0.00722. The smallest absolute Gasteiger partial charge is 0.392 e. The topological polar surface area (TPSA) is 243 Å². The van der Waals surface area contributed by atoms with Crippen molar-refractivity contribution in [2.75, 3.05) is 21.7 Å². The van der Waals surface area contributed by atoms with Crippen LogP contribution < -0.4 is 43.7 Å². The lowest BCUT2D eigenvalue weighted by atomic mass is 9.79. The predicted molar refractivity (Wildman–Crippen MR) is 279 cm³/mol. The highest BCUT2D eigenvalue weighted by Gasteiger charge is 2.58. The van der Waals surface area contributed by atoms with E-state index in [4.69, 9.17) is 17.3 Å². The highest BCUT2D eigenvalue weighted by Crippen LogP contribution is 2.58. The molecule has 2 aliphatic carbocycles. The van der Waals surface area contributed by atoms with Crippen LogP contribution in [-0.2, 0) is 14.1 Å². The zero-order chi connectivity index (χ0) is 59.7. The molecule has 7 N–H and O–H groups in total. The summed E-state index contributed by atoms with van der Waals surface area (Å²) >= 11 is 5.71. The Labute approximate surface area is 462 Å². The third-order valence-electron chi connectivity index (χ3n) is 14.2. The Balaban J connectivity index is 0.000000176. The molecule has 81 heavy (non-hydrogen) atoms. The molecule has 2 saturated heterocycles. The molecule has 4 fully saturated rings. The highest BCUT2D eigenvalue weighted by molar-refractivity contribution is 6.28. The molecule has 2 aliphatic heterocycles. The van der Waals surface area contributed by atoms with E-state index in [0.29, 0.717) is 12.8 Å². The maximum atomic E-state index is 15.2. The Morgan fingerprint density at radius 2 is 1.00 bits per heavy atom. The lowest BCUT2D eigenvalue weighted by Gasteiger charge is -2.46. The van der Waals surface area contributed by atoms with Crippen molar-refractivity contribution in [2.45, 2.75) is 152 Å². The van der Waals surface area contributed by atoms with Gasteiger partial charge in [-0.15, -0.1) is 0 Å². The number of alkyl halides is 6. The molecule has 10 rings (SSSR count). The van der Waals surface area contributed by atoms with Crippen LogP contribution in [-0.4, -0.2) is 106 Å². The highest BCUT2D eigenvalue weighted by atomic mass is 35.5. The number of anilines is 5. The third kappa shape index (κ3) is 14.2. The van der Waals surface area contributed by atoms with E-state index in [1.165, 1.54) is 14.1 Å². The summed E-state index contributed by atoms with van der Waals surface area (Å²) in [6.45, 7) is 16.8. The summed E-state index contributed by atoms with van der Waals surface area (Å²) < 4.78 is 139. The first-order valence-corrected chi connectivity index (χ1v) is 25.9. The van der Waals surface area contributed by atoms with Crippen LogP contribution in [0.15, 0.2) is 46.2 Å². The molecule has 0 unspecified atom stereocenters. The van der Waals surface area contributed by atoms with Crippen LogP contribution in [0.5, 0.6) is 0 Å². The maximum absolute atomic E-state index is 15.2. The molecule has 2 saturated carbocycles. The van der Waals surface area contributed by atoms with Gasteiger partial charge in [-0.3, -0.25) is 0 Å². The van der Waals surface area contributed by atoms with Crippen molar-refractivity contribution in [1.29, 1.82) is 0 Å². The molecule has 0 spiro atoms. The van der Waals surface area contributed by atoms with Crippen LogP contribution in [0.1, 0.15) is 117 Å². The van der Waals surface area contributed by atoms with Crippen LogP contribution in [0.4, 0.5) is 72.9 Å². The van der Waals surface area contributed by atoms with Gasteiger partial charge in [0.1, 0.15) is 11.6 Å². The van der Waals surface area contributed by atoms with E-state index in [1.807, 2.05) is 0 Å². The zero-order valence-electron chi connectivity index (χ0n) is 45.6. The largest absolute Gasteiger partial charge is 0.396 e. The summed E-state index contributed by atoms with van der Waals surface area (Å²) in [6.07, 6.45) is -4.05. The lowest BCUT2D eigenvalue weighted by molar-refractivity contribution is -0.149. The number of hydrogen-bond acceptors (Lipinski definition) is 16. The number of nitrogens with zero attached hydrogens (tertiary/aromatic N) is 12. The summed E-state index contributed by atoms with van der Waals surface area (Å²) in [5.74, 6) is -8.12. The number of hydrogen-bond donors (Lipinski definition) is 6. The number of aryl methyl sites for hydroxylation is 2. The van der Waals surface area contributed by atoms with Crippen LogP contribution in [0.2, 0.25) is 5.28 Å². The van der Waals surface area contributed by atoms with Crippen molar-refractivity contribution in [3.63, 3.8) is 0 Å². The Hall–Kier alpha value is -6.95. The van der Waals surface area contributed by atoms with Gasteiger partial charge < -0.3 is 32.3 Å². The van der Waals surface area contributed by atoms with E-state index in [1.54, 1.807) is 0 Å². The van der Waals surface area contributed by atoms with Gasteiger partial charge >= 0.3 is 23.7 Å². The summed E-state index contributed by atoms with van der Waals surface area (Å²) in [5, 5.41) is 30.5. The average molecular weight is 1170 g/mol. The zero-order valence-corrected chi connectivity index (χ0v) is 46.3. The van der Waals surface area contributed by atoms with Crippen molar-refractivity contribution in [1.82, 2.24) is 70.2 Å². The van der Waals surface area contributed by atoms with Crippen molar-refractivity contribution >= 4 is 40.6 Å². The minimum Gasteiger partial charge on any atom is -0.396 e. The summed E-state index contributed by atoms with van der Waals surface area (Å²) in [6, 6.07) is 4.16. The van der Waals surface area contributed by atoms with Gasteiger partial charge in [-0.05, 0) is 174 Å². The molecule has 4 aliphatic rings. The van der Waals surface area contributed by atoms with E-state index in [9.17, 15) is 49.1 Å². The van der Waals surface area contributed by atoms with E-state index in [2.05, 4.69) is 123 Å². The number of nitrogens with one attached hydrogen (secondary N) is 5. The number of tetrazole rings is 2. The Kier molecular flexibility index (Phi) is 16.2. The van der Waals surface area contributed by atoms with Crippen molar-refractivity contribution in [3.8, 4) is 11.4 Å². The van der Waals surface area contributed by atoms with Gasteiger partial charge in [0.25, 0.3) is 0 Å². The molecule has 4 atom stereocenters. The standard InChI is InChI=1S/C25H30F5N9O.C13H20ClFN4.C12H11F4N5O/c1-23(2)9-12(10-24(3,4)35-23)32-20-17(27)11-31-21(34-20)33-18-8-19(39-22(40)38(5)36-37-39)14(7-16(18)26)13-6-15(13)25(28,29)30;1-12(2)5-8(6-13(3,4)19-12)17-10-9(15)7-16-11(14)18-10;1-20-11(22)21(19-18-20)10-4-9(17)8(13)3-6(10)5-2-7(5)12(14,15)16/h7-8,11-13,15,35H,6,9-10H2,1-5H3,(H2,31,32,33,34);7-8,19H,5-6H2,1-4H3,(H,16,17,18);3-5,7H,2,17H2,1H3/t13-,15+;;5-,7+/m1.1/s1. The molecule has 4 aromatic heterocycles. The molecule has 6 heterocycles. The molecular formula is C50H61ClF10N18O2. The van der Waals surface area contributed by atoms with Crippen molar-refractivity contribution in [2.24, 2.45) is 25.9 Å². The summed E-state index contributed by atoms with van der Waals surface area (Å²) in [4.78, 5) is 40.0. The van der Waals surface area contributed by atoms with E-state index in [0.717, 1.165) is 68.2 Å². The van der Waals surface area contributed by atoms with Gasteiger partial charge in [0.2, 0.25) is 11.2 Å². The van der Waals surface area contributed by atoms with Crippen molar-refractivity contribution in [3.05, 3.63) is 97.3 Å². The predicted octanol–water partition coefficient (Wildman–Crippen LogP) is 8.51. The molecule has 6 aromatic rings. The molecular weight excluding hydrogens is 1110 g/mol. The second-order valence-electron chi connectivity index (χ2n) is 23.5. The van der Waals surface area contributed by atoms with E-state index >= 15 is 4.39 Å². The number of rotatable bonds is 10. The second kappa shape index (κ2) is 21.7. The monoisotopic (exact) mass is 1170 g/mol. The first-order valence-electron chi connectivity index (χ1n) is 25.5. The molecule has 0 radical (unpaired) electrons.